The van der Waals surface area contributed by atoms with Crippen LogP contribution in [0.4, 0.5) is 5.69 Å². The van der Waals surface area contributed by atoms with Gasteiger partial charge in [0.1, 0.15) is 12.1 Å². The van der Waals surface area contributed by atoms with Crippen molar-refractivity contribution in [1.82, 2.24) is 35.8 Å². The zero-order valence-electron chi connectivity index (χ0n) is 36.2. The number of carbonyl (C=O) groups excluding carboxylic acids is 7. The van der Waals surface area contributed by atoms with Crippen molar-refractivity contribution in [3.8, 4) is 0 Å². The van der Waals surface area contributed by atoms with Crippen LogP contribution in [0.25, 0.3) is 0 Å². The van der Waals surface area contributed by atoms with Gasteiger partial charge in [-0.15, -0.1) is 0 Å². The number of imide groups is 2. The van der Waals surface area contributed by atoms with Crippen LogP contribution in [0.3, 0.4) is 0 Å². The van der Waals surface area contributed by atoms with Crippen molar-refractivity contribution in [2.24, 2.45) is 5.92 Å². The lowest BCUT2D eigenvalue weighted by molar-refractivity contribution is -0.136. The Labute approximate surface area is 369 Å². The molecule has 344 valence electrons. The van der Waals surface area contributed by atoms with Crippen molar-refractivity contribution < 1.29 is 46.7 Å². The maximum Gasteiger partial charge on any atom is 0.264 e. The number of fused-ring (bicyclic) bond motifs is 1. The third-order valence-electron chi connectivity index (χ3n) is 11.5. The summed E-state index contributed by atoms with van der Waals surface area (Å²) in [6.45, 7) is 4.11. The Hall–Kier alpha value is -5.24. The van der Waals surface area contributed by atoms with Crippen molar-refractivity contribution >= 4 is 57.1 Å². The number of nitrogens with one attached hydrogen (secondary N) is 6. The molecule has 6 N–H and O–H groups in total. The van der Waals surface area contributed by atoms with Crippen LogP contribution in [-0.2, 0) is 38.7 Å². The monoisotopic (exact) mass is 894 g/mol. The maximum absolute atomic E-state index is 13.3. The number of hydrogen-bond acceptors (Lipinski definition) is 12. The minimum atomic E-state index is -3.43. The summed E-state index contributed by atoms with van der Waals surface area (Å²) in [6.07, 6.45) is 8.23. The summed E-state index contributed by atoms with van der Waals surface area (Å²) in [4.78, 5) is 90.0. The minimum Gasteiger partial charge on any atom is -0.384 e. The van der Waals surface area contributed by atoms with Crippen molar-refractivity contribution in [2.45, 2.75) is 102 Å². The molecule has 63 heavy (non-hydrogen) atoms. The van der Waals surface area contributed by atoms with Crippen LogP contribution in [0.15, 0.2) is 48.5 Å². The number of benzene rings is 2. The van der Waals surface area contributed by atoms with Gasteiger partial charge in [-0.3, -0.25) is 49.1 Å². The number of ether oxygens (including phenoxy) is 1. The molecular formula is C44H62N8O10S. The lowest BCUT2D eigenvalue weighted by Crippen LogP contribution is -2.54. The highest BCUT2D eigenvalue weighted by Gasteiger charge is 2.45. The van der Waals surface area contributed by atoms with Gasteiger partial charge in [-0.25, -0.2) is 12.7 Å². The number of amides is 7. The molecule has 3 aliphatic heterocycles. The first-order valence-electron chi connectivity index (χ1n) is 22.0. The first kappa shape index (κ1) is 48.8. The second-order valence-electron chi connectivity index (χ2n) is 16.3. The van der Waals surface area contributed by atoms with Crippen molar-refractivity contribution in [1.29, 1.82) is 0 Å². The topological polar surface area (TPSA) is 242 Å². The number of nitrogens with zero attached hydrogens (tertiary/aromatic N) is 2. The molecule has 19 heteroatoms. The van der Waals surface area contributed by atoms with Crippen LogP contribution < -0.4 is 31.9 Å². The smallest absolute Gasteiger partial charge is 0.264 e. The van der Waals surface area contributed by atoms with Gasteiger partial charge in [0.05, 0.1) is 30.0 Å². The number of unbranched alkanes of at least 4 members (excludes halogenated alkanes) is 5. The average molecular weight is 895 g/mol. The molecule has 5 rings (SSSR count). The normalized spacial score (nSPS) is 18.7. The van der Waals surface area contributed by atoms with Crippen LogP contribution in [0.2, 0.25) is 0 Å². The van der Waals surface area contributed by atoms with E-state index >= 15 is 0 Å². The van der Waals surface area contributed by atoms with E-state index in [2.05, 4.69) is 31.9 Å². The van der Waals surface area contributed by atoms with E-state index in [4.69, 9.17) is 4.74 Å². The first-order valence-corrected chi connectivity index (χ1v) is 23.8. The molecule has 0 aromatic heterocycles. The van der Waals surface area contributed by atoms with Gasteiger partial charge in [-0.2, -0.15) is 0 Å². The van der Waals surface area contributed by atoms with Gasteiger partial charge >= 0.3 is 0 Å². The predicted molar refractivity (Wildman–Crippen MR) is 234 cm³/mol. The number of rotatable bonds is 26. The van der Waals surface area contributed by atoms with E-state index in [1.807, 2.05) is 37.3 Å². The second-order valence-corrected chi connectivity index (χ2v) is 18.3. The molecule has 0 bridgehead atoms. The lowest BCUT2D eigenvalue weighted by Gasteiger charge is -2.27. The molecular weight excluding hydrogens is 833 g/mol. The highest BCUT2D eigenvalue weighted by atomic mass is 32.2. The SMILES string of the molecule is CC(NCNC(=O)[C@H](CCOCCCC(=O)NCCCCCCCCNc1cccc2c1C(=O)N(C1CCC(=O)NC1=O)C2=O)NC(=O)C1CCN(S(C)(=O)=O)C1)c1ccccc1. The van der Waals surface area contributed by atoms with Crippen molar-refractivity contribution in [2.75, 3.05) is 57.6 Å². The summed E-state index contributed by atoms with van der Waals surface area (Å²) in [5, 5.41) is 17.3. The number of sulfonamides is 1. The van der Waals surface area contributed by atoms with Gasteiger partial charge in [0.25, 0.3) is 11.8 Å². The Balaban J connectivity index is 0.911. The average Bonchev–Trinajstić information content (AvgIpc) is 3.86. The summed E-state index contributed by atoms with van der Waals surface area (Å²) in [6, 6.07) is 12.9. The largest absolute Gasteiger partial charge is 0.384 e. The number of carbonyl (C=O) groups is 7. The van der Waals surface area contributed by atoms with Gasteiger partial charge in [-0.1, -0.05) is 62.1 Å². The van der Waals surface area contributed by atoms with E-state index < -0.39 is 51.7 Å². The first-order chi connectivity index (χ1) is 30.2. The highest BCUT2D eigenvalue weighted by molar-refractivity contribution is 7.88. The third kappa shape index (κ3) is 14.4. The van der Waals surface area contributed by atoms with Crippen LogP contribution in [0.5, 0.6) is 0 Å². The Morgan fingerprint density at radius 1 is 0.857 bits per heavy atom. The molecule has 18 nitrogen and oxygen atoms in total. The van der Waals surface area contributed by atoms with Crippen LogP contribution in [-0.4, -0.2) is 123 Å². The summed E-state index contributed by atoms with van der Waals surface area (Å²) < 4.78 is 31.0. The number of hydrogen-bond donors (Lipinski definition) is 6. The molecule has 2 aromatic rings. The van der Waals surface area contributed by atoms with Gasteiger partial charge in [0.2, 0.25) is 39.6 Å². The number of anilines is 1. The Morgan fingerprint density at radius 3 is 2.30 bits per heavy atom. The molecule has 4 atom stereocenters. The van der Waals surface area contributed by atoms with Gasteiger partial charge < -0.3 is 26.0 Å². The van der Waals surface area contributed by atoms with Crippen LogP contribution in [0, 0.1) is 5.92 Å². The summed E-state index contributed by atoms with van der Waals surface area (Å²) in [7, 11) is -3.43. The quantitative estimate of drug-likeness (QED) is 0.0453. The fraction of sp³-hybridized carbons (Fsp3) is 0.568. The molecule has 7 amide bonds. The van der Waals surface area contributed by atoms with E-state index in [0.29, 0.717) is 38.2 Å². The summed E-state index contributed by atoms with van der Waals surface area (Å²) >= 11 is 0. The highest BCUT2D eigenvalue weighted by Crippen LogP contribution is 2.32. The molecule has 2 fully saturated rings. The number of piperidine rings is 1. The molecule has 0 saturated carbocycles. The molecule has 2 saturated heterocycles. The zero-order valence-corrected chi connectivity index (χ0v) is 37.1. The van der Waals surface area contributed by atoms with Gasteiger partial charge in [0, 0.05) is 64.0 Å². The van der Waals surface area contributed by atoms with Gasteiger partial charge in [-0.05, 0) is 63.1 Å². The molecule has 3 aliphatic rings. The summed E-state index contributed by atoms with van der Waals surface area (Å²) in [5.74, 6) is -3.53. The van der Waals surface area contributed by atoms with E-state index in [1.54, 1.807) is 18.2 Å². The van der Waals surface area contributed by atoms with E-state index in [-0.39, 0.29) is 86.9 Å². The standard InChI is InChI=1S/C44H62N8O10S/c1-30(31-14-8-7-9-15-31)47-29-48-41(56)35(49-40(55)32-21-25-51(28-32)63(2,60)61)22-27-62-26-13-18-37(53)46-24-11-6-4-3-5-10-23-45-34-17-12-16-33-39(34)44(59)52(43(33)58)36-19-20-38(54)50-42(36)57/h7-9,12,14-17,30,32,35-36,45,47H,3-6,10-11,13,18-29H2,1-2H3,(H,46,53)(H,48,56)(H,49,55)(H,50,54,57)/t30?,32?,35-,36?/m0/s1. The molecule has 2 aromatic carbocycles. The fourth-order valence-corrected chi connectivity index (χ4v) is 8.76. The Kier molecular flexibility index (Phi) is 18.6. The predicted octanol–water partition coefficient (Wildman–Crippen LogP) is 2.33. The minimum absolute atomic E-state index is 0.0217. The van der Waals surface area contributed by atoms with E-state index in [1.165, 1.54) is 4.31 Å². The Morgan fingerprint density at radius 2 is 1.59 bits per heavy atom. The zero-order chi connectivity index (χ0) is 45.4. The molecule has 3 heterocycles. The van der Waals surface area contributed by atoms with Crippen LogP contribution >= 0.6 is 0 Å². The fourth-order valence-electron chi connectivity index (χ4n) is 7.87. The van der Waals surface area contributed by atoms with E-state index in [9.17, 15) is 42.0 Å². The molecule has 0 spiro atoms. The van der Waals surface area contributed by atoms with Crippen molar-refractivity contribution in [3.05, 3.63) is 65.2 Å². The molecule has 0 radical (unpaired) electrons. The lowest BCUT2D eigenvalue weighted by atomic mass is 10.0. The van der Waals surface area contributed by atoms with E-state index in [0.717, 1.165) is 55.2 Å². The summed E-state index contributed by atoms with van der Waals surface area (Å²) in [5.41, 5.74) is 2.10. The Bertz CT molecular complexity index is 2050. The van der Waals surface area contributed by atoms with Crippen molar-refractivity contribution in [3.63, 3.8) is 0 Å². The molecule has 3 unspecified atom stereocenters. The van der Waals surface area contributed by atoms with Crippen LogP contribution in [0.1, 0.15) is 116 Å². The second kappa shape index (κ2) is 24.0. The molecule has 0 aliphatic carbocycles. The maximum atomic E-state index is 13.3. The third-order valence-corrected chi connectivity index (χ3v) is 12.8. The van der Waals surface area contributed by atoms with Gasteiger partial charge in [0.15, 0.2) is 0 Å².